The van der Waals surface area contributed by atoms with Gasteiger partial charge in [-0.25, -0.2) is 0 Å². The van der Waals surface area contributed by atoms with E-state index >= 15 is 0 Å². The lowest BCUT2D eigenvalue weighted by Gasteiger charge is -2.65. The average molecular weight is 381 g/mol. The molecule has 0 aromatic heterocycles. The summed E-state index contributed by atoms with van der Waals surface area (Å²) < 4.78 is 6.87. The zero-order valence-electron chi connectivity index (χ0n) is 13.9. The molecule has 1 aromatic carbocycles. The van der Waals surface area contributed by atoms with Crippen molar-refractivity contribution in [3.8, 4) is 0 Å². The molecule has 1 saturated heterocycles. The van der Waals surface area contributed by atoms with Gasteiger partial charge in [0, 0.05) is 22.4 Å². The Hall–Kier alpha value is -0.910. The SMILES string of the molecule is CC(NC(=O)C1(N)C2CCCOC2C1(C)C)c1ccccc1Br. The quantitative estimate of drug-likeness (QED) is 0.846. The molecule has 1 amide bonds. The third-order valence-electron chi connectivity index (χ3n) is 5.78. The molecule has 3 N–H and O–H groups in total. The second-order valence-corrected chi connectivity index (χ2v) is 8.20. The first-order valence-electron chi connectivity index (χ1n) is 8.26. The summed E-state index contributed by atoms with van der Waals surface area (Å²) in [5.74, 6) is 0.0372. The Balaban J connectivity index is 1.79. The van der Waals surface area contributed by atoms with Crippen molar-refractivity contribution in [3.63, 3.8) is 0 Å². The normalized spacial score (nSPS) is 33.3. The highest BCUT2D eigenvalue weighted by atomic mass is 79.9. The molecule has 0 radical (unpaired) electrons. The van der Waals surface area contributed by atoms with E-state index in [-0.39, 0.29) is 29.4 Å². The van der Waals surface area contributed by atoms with Crippen LogP contribution < -0.4 is 11.1 Å². The molecule has 2 fully saturated rings. The molecular formula is C18H25BrN2O2. The van der Waals surface area contributed by atoms with Crippen LogP contribution in [0.1, 0.15) is 45.2 Å². The largest absolute Gasteiger partial charge is 0.377 e. The van der Waals surface area contributed by atoms with E-state index in [1.54, 1.807) is 0 Å². The predicted octanol–water partition coefficient (Wildman–Crippen LogP) is 3.16. The summed E-state index contributed by atoms with van der Waals surface area (Å²) in [6.45, 7) is 6.85. The third-order valence-corrected chi connectivity index (χ3v) is 6.50. The van der Waals surface area contributed by atoms with Crippen LogP contribution in [0.5, 0.6) is 0 Å². The summed E-state index contributed by atoms with van der Waals surface area (Å²) in [7, 11) is 0. The third kappa shape index (κ3) is 2.44. The van der Waals surface area contributed by atoms with Gasteiger partial charge in [0.05, 0.1) is 12.1 Å². The Kier molecular flexibility index (Phi) is 4.32. The smallest absolute Gasteiger partial charge is 0.241 e. The number of carbonyl (C=O) groups excluding carboxylic acids is 1. The second kappa shape index (κ2) is 5.87. The second-order valence-electron chi connectivity index (χ2n) is 7.35. The Bertz CT molecular complexity index is 619. The highest BCUT2D eigenvalue weighted by Crippen LogP contribution is 2.57. The molecule has 3 rings (SSSR count). The van der Waals surface area contributed by atoms with Crippen LogP contribution >= 0.6 is 15.9 Å². The van der Waals surface area contributed by atoms with Crippen LogP contribution in [-0.2, 0) is 9.53 Å². The van der Waals surface area contributed by atoms with Crippen LogP contribution in [0.2, 0.25) is 0 Å². The number of rotatable bonds is 3. The Labute approximate surface area is 146 Å². The van der Waals surface area contributed by atoms with Gasteiger partial charge in [-0.1, -0.05) is 48.0 Å². The first kappa shape index (κ1) is 16.9. The van der Waals surface area contributed by atoms with E-state index in [4.69, 9.17) is 10.5 Å². The molecular weight excluding hydrogens is 356 g/mol. The van der Waals surface area contributed by atoms with E-state index in [0.717, 1.165) is 29.5 Å². The van der Waals surface area contributed by atoms with Crippen LogP contribution in [0.25, 0.3) is 0 Å². The van der Waals surface area contributed by atoms with Crippen molar-refractivity contribution in [1.29, 1.82) is 0 Å². The van der Waals surface area contributed by atoms with Gasteiger partial charge in [0.1, 0.15) is 5.54 Å². The van der Waals surface area contributed by atoms with Gasteiger partial charge in [-0.2, -0.15) is 0 Å². The number of amides is 1. The van der Waals surface area contributed by atoms with Gasteiger partial charge in [0.2, 0.25) is 5.91 Å². The maximum Gasteiger partial charge on any atom is 0.241 e. The molecule has 4 atom stereocenters. The summed E-state index contributed by atoms with van der Waals surface area (Å²) in [4.78, 5) is 13.0. The summed E-state index contributed by atoms with van der Waals surface area (Å²) in [6, 6.07) is 7.83. The van der Waals surface area contributed by atoms with E-state index in [2.05, 4.69) is 21.2 Å². The molecule has 4 nitrogen and oxygen atoms in total. The highest BCUT2D eigenvalue weighted by Gasteiger charge is 2.70. The fourth-order valence-electron chi connectivity index (χ4n) is 4.26. The van der Waals surface area contributed by atoms with Crippen molar-refractivity contribution in [3.05, 3.63) is 34.3 Å². The van der Waals surface area contributed by atoms with Crippen molar-refractivity contribution in [2.24, 2.45) is 17.1 Å². The first-order chi connectivity index (χ1) is 10.8. The molecule has 2 aliphatic rings. The molecule has 0 bridgehead atoms. The van der Waals surface area contributed by atoms with Crippen molar-refractivity contribution in [1.82, 2.24) is 5.32 Å². The van der Waals surface area contributed by atoms with E-state index in [9.17, 15) is 4.79 Å². The Morgan fingerprint density at radius 2 is 2.13 bits per heavy atom. The lowest BCUT2D eigenvalue weighted by Crippen LogP contribution is -2.82. The van der Waals surface area contributed by atoms with Crippen LogP contribution in [0, 0.1) is 11.3 Å². The molecule has 1 saturated carbocycles. The minimum absolute atomic E-state index is 0.0718. The standard InChI is InChI=1S/C18H25BrN2O2/c1-11(12-7-4-5-9-14(12)19)21-16(22)18(20)13-8-6-10-23-15(13)17(18,2)3/h4-5,7,9,11,13,15H,6,8,10,20H2,1-3H3,(H,21,22). The number of halogens is 1. The first-order valence-corrected chi connectivity index (χ1v) is 9.05. The topological polar surface area (TPSA) is 64.4 Å². The number of carbonyl (C=O) groups is 1. The summed E-state index contributed by atoms with van der Waals surface area (Å²) in [5.41, 5.74) is 6.47. The molecule has 0 spiro atoms. The molecule has 1 heterocycles. The van der Waals surface area contributed by atoms with Crippen LogP contribution in [0.4, 0.5) is 0 Å². The highest BCUT2D eigenvalue weighted by molar-refractivity contribution is 9.10. The molecule has 23 heavy (non-hydrogen) atoms. The number of hydrogen-bond acceptors (Lipinski definition) is 3. The Morgan fingerprint density at radius 1 is 1.43 bits per heavy atom. The fraction of sp³-hybridized carbons (Fsp3) is 0.611. The maximum absolute atomic E-state index is 13.0. The number of fused-ring (bicyclic) bond motifs is 1. The van der Waals surface area contributed by atoms with Gasteiger partial charge < -0.3 is 15.8 Å². The van der Waals surface area contributed by atoms with E-state index in [1.807, 2.05) is 45.0 Å². The molecule has 126 valence electrons. The van der Waals surface area contributed by atoms with Crippen molar-refractivity contribution < 1.29 is 9.53 Å². The lowest BCUT2D eigenvalue weighted by molar-refractivity contribution is -0.225. The number of hydrogen-bond donors (Lipinski definition) is 2. The van der Waals surface area contributed by atoms with Crippen LogP contribution in [0.15, 0.2) is 28.7 Å². The zero-order valence-corrected chi connectivity index (χ0v) is 15.5. The van der Waals surface area contributed by atoms with Crippen LogP contribution in [0.3, 0.4) is 0 Å². The van der Waals surface area contributed by atoms with Gasteiger partial charge >= 0.3 is 0 Å². The fourth-order valence-corrected chi connectivity index (χ4v) is 4.89. The van der Waals surface area contributed by atoms with Gasteiger partial charge in [0.15, 0.2) is 0 Å². The maximum atomic E-state index is 13.0. The minimum atomic E-state index is -0.867. The predicted molar refractivity (Wildman–Crippen MR) is 93.9 cm³/mol. The monoisotopic (exact) mass is 380 g/mol. The number of benzene rings is 1. The number of ether oxygens (including phenoxy) is 1. The molecule has 5 heteroatoms. The Morgan fingerprint density at radius 3 is 2.83 bits per heavy atom. The molecule has 1 aliphatic heterocycles. The average Bonchev–Trinajstić information content (AvgIpc) is 2.54. The summed E-state index contributed by atoms with van der Waals surface area (Å²) in [5, 5.41) is 3.12. The van der Waals surface area contributed by atoms with E-state index < -0.39 is 5.54 Å². The van der Waals surface area contributed by atoms with Gasteiger partial charge in [-0.05, 0) is 31.4 Å². The lowest BCUT2D eigenvalue weighted by atomic mass is 9.46. The number of nitrogens with two attached hydrogens (primary N) is 1. The summed E-state index contributed by atoms with van der Waals surface area (Å²) >= 11 is 3.54. The zero-order chi connectivity index (χ0) is 16.8. The van der Waals surface area contributed by atoms with Gasteiger partial charge in [-0.15, -0.1) is 0 Å². The molecule has 4 unspecified atom stereocenters. The molecule has 1 aliphatic carbocycles. The van der Waals surface area contributed by atoms with Crippen LogP contribution in [-0.4, -0.2) is 24.2 Å². The van der Waals surface area contributed by atoms with Crippen molar-refractivity contribution in [2.45, 2.75) is 51.3 Å². The van der Waals surface area contributed by atoms with Gasteiger partial charge in [0.25, 0.3) is 0 Å². The van der Waals surface area contributed by atoms with Crippen molar-refractivity contribution in [2.75, 3.05) is 6.61 Å². The summed E-state index contributed by atoms with van der Waals surface area (Å²) in [6.07, 6.45) is 2.02. The van der Waals surface area contributed by atoms with E-state index in [0.29, 0.717) is 0 Å². The minimum Gasteiger partial charge on any atom is -0.377 e. The number of nitrogens with one attached hydrogen (secondary N) is 1. The molecule has 1 aromatic rings. The van der Waals surface area contributed by atoms with E-state index in [1.165, 1.54) is 0 Å². The van der Waals surface area contributed by atoms with Crippen molar-refractivity contribution >= 4 is 21.8 Å². The van der Waals surface area contributed by atoms with Gasteiger partial charge in [-0.3, -0.25) is 4.79 Å².